The lowest BCUT2D eigenvalue weighted by molar-refractivity contribution is 0.354. The number of benzene rings is 1. The van der Waals surface area contributed by atoms with Crippen LogP contribution < -0.4 is 5.32 Å². The molecule has 0 aliphatic heterocycles. The number of nitrogens with one attached hydrogen (secondary N) is 1. The highest BCUT2D eigenvalue weighted by Crippen LogP contribution is 2.48. The Morgan fingerprint density at radius 3 is 2.25 bits per heavy atom. The largest absolute Gasteiger partial charge is 0.508 e. The van der Waals surface area contributed by atoms with E-state index in [2.05, 4.69) is 12.2 Å². The molecule has 0 radical (unpaired) electrons. The predicted molar refractivity (Wildman–Crippen MR) is 82.8 cm³/mol. The van der Waals surface area contributed by atoms with Crippen LogP contribution in [0.15, 0.2) is 24.3 Å². The lowest BCUT2D eigenvalue weighted by Crippen LogP contribution is -2.33. The van der Waals surface area contributed by atoms with Crippen molar-refractivity contribution < 1.29 is 5.11 Å². The van der Waals surface area contributed by atoms with E-state index >= 15 is 0 Å². The first-order valence-electron chi connectivity index (χ1n) is 8.23. The van der Waals surface area contributed by atoms with Crippen LogP contribution in [-0.4, -0.2) is 17.7 Å². The van der Waals surface area contributed by atoms with E-state index in [1.165, 1.54) is 44.2 Å². The second-order valence-electron chi connectivity index (χ2n) is 6.85. The van der Waals surface area contributed by atoms with Crippen LogP contribution in [0.5, 0.6) is 5.75 Å². The van der Waals surface area contributed by atoms with Gasteiger partial charge < -0.3 is 10.4 Å². The first kappa shape index (κ1) is 13.9. The zero-order valence-corrected chi connectivity index (χ0v) is 12.5. The van der Waals surface area contributed by atoms with Crippen LogP contribution in [0.2, 0.25) is 0 Å². The van der Waals surface area contributed by atoms with Crippen LogP contribution in [0.3, 0.4) is 0 Å². The zero-order valence-electron chi connectivity index (χ0n) is 12.5. The second kappa shape index (κ2) is 6.17. The summed E-state index contributed by atoms with van der Waals surface area (Å²) >= 11 is 0. The van der Waals surface area contributed by atoms with E-state index in [9.17, 15) is 5.11 Å². The molecule has 2 saturated carbocycles. The van der Waals surface area contributed by atoms with Gasteiger partial charge in [-0.15, -0.1) is 0 Å². The van der Waals surface area contributed by atoms with Crippen molar-refractivity contribution in [1.29, 1.82) is 0 Å². The van der Waals surface area contributed by atoms with Gasteiger partial charge in [0.2, 0.25) is 0 Å². The SMILES string of the molecule is CC(CCc1ccc(O)cc1)NCC(C1CC1)C1CC1. The zero-order chi connectivity index (χ0) is 13.9. The van der Waals surface area contributed by atoms with Crippen molar-refractivity contribution in [2.75, 3.05) is 6.54 Å². The number of hydrogen-bond acceptors (Lipinski definition) is 2. The number of rotatable bonds is 8. The third-order valence-electron chi connectivity index (χ3n) is 4.96. The fraction of sp³-hybridized carbons (Fsp3) is 0.667. The number of phenolic OH excluding ortho intramolecular Hbond substituents is 1. The van der Waals surface area contributed by atoms with Crippen LogP contribution in [0, 0.1) is 17.8 Å². The minimum Gasteiger partial charge on any atom is -0.508 e. The summed E-state index contributed by atoms with van der Waals surface area (Å²) in [5.41, 5.74) is 1.32. The summed E-state index contributed by atoms with van der Waals surface area (Å²) < 4.78 is 0. The number of hydrogen-bond donors (Lipinski definition) is 2. The van der Waals surface area contributed by atoms with Crippen molar-refractivity contribution in [2.45, 2.75) is 51.5 Å². The first-order valence-corrected chi connectivity index (χ1v) is 8.23. The molecular weight excluding hydrogens is 246 g/mol. The molecule has 110 valence electrons. The van der Waals surface area contributed by atoms with Crippen LogP contribution in [0.1, 0.15) is 44.6 Å². The van der Waals surface area contributed by atoms with Gasteiger partial charge in [-0.05, 0) is 87.4 Å². The Bertz CT molecular complexity index is 408. The van der Waals surface area contributed by atoms with Crippen LogP contribution in [-0.2, 0) is 6.42 Å². The highest BCUT2D eigenvalue weighted by atomic mass is 16.3. The quantitative estimate of drug-likeness (QED) is 0.756. The topological polar surface area (TPSA) is 32.3 Å². The van der Waals surface area contributed by atoms with Gasteiger partial charge in [0, 0.05) is 6.04 Å². The molecule has 3 rings (SSSR count). The minimum atomic E-state index is 0.358. The van der Waals surface area contributed by atoms with Gasteiger partial charge in [0.1, 0.15) is 5.75 Å². The van der Waals surface area contributed by atoms with E-state index in [-0.39, 0.29) is 0 Å². The number of aryl methyl sites for hydroxylation is 1. The van der Waals surface area contributed by atoms with E-state index in [0.717, 1.165) is 24.2 Å². The van der Waals surface area contributed by atoms with E-state index < -0.39 is 0 Å². The maximum atomic E-state index is 9.28. The Kier molecular flexibility index (Phi) is 4.30. The van der Waals surface area contributed by atoms with Crippen LogP contribution in [0.4, 0.5) is 0 Å². The normalized spacial score (nSPS) is 20.3. The van der Waals surface area contributed by atoms with E-state index in [1.54, 1.807) is 12.1 Å². The molecule has 1 aromatic rings. The molecule has 0 bridgehead atoms. The molecule has 0 amide bonds. The highest BCUT2D eigenvalue weighted by molar-refractivity contribution is 5.25. The van der Waals surface area contributed by atoms with Crippen molar-refractivity contribution in [3.63, 3.8) is 0 Å². The average molecular weight is 273 g/mol. The van der Waals surface area contributed by atoms with Crippen LogP contribution >= 0.6 is 0 Å². The fourth-order valence-electron chi connectivity index (χ4n) is 3.25. The summed E-state index contributed by atoms with van der Waals surface area (Å²) in [5, 5.41) is 13.0. The smallest absolute Gasteiger partial charge is 0.115 e. The Balaban J connectivity index is 1.38. The second-order valence-corrected chi connectivity index (χ2v) is 6.85. The Hall–Kier alpha value is -1.02. The lowest BCUT2D eigenvalue weighted by Gasteiger charge is -2.20. The van der Waals surface area contributed by atoms with Crippen LogP contribution in [0.25, 0.3) is 0 Å². The number of aromatic hydroxyl groups is 1. The molecule has 2 nitrogen and oxygen atoms in total. The third kappa shape index (κ3) is 3.99. The van der Waals surface area contributed by atoms with Gasteiger partial charge in [0.05, 0.1) is 0 Å². The van der Waals surface area contributed by atoms with Gasteiger partial charge in [-0.2, -0.15) is 0 Å². The average Bonchev–Trinajstić information content (AvgIpc) is 3.31. The molecule has 2 N–H and O–H groups in total. The monoisotopic (exact) mass is 273 g/mol. The van der Waals surface area contributed by atoms with E-state index in [0.29, 0.717) is 11.8 Å². The Morgan fingerprint density at radius 1 is 1.10 bits per heavy atom. The summed E-state index contributed by atoms with van der Waals surface area (Å²) in [6, 6.07) is 8.20. The molecule has 20 heavy (non-hydrogen) atoms. The molecule has 0 saturated heterocycles. The molecule has 0 spiro atoms. The van der Waals surface area contributed by atoms with E-state index in [4.69, 9.17) is 0 Å². The van der Waals surface area contributed by atoms with Crippen molar-refractivity contribution in [2.24, 2.45) is 17.8 Å². The van der Waals surface area contributed by atoms with Crippen molar-refractivity contribution in [3.8, 4) is 5.75 Å². The fourth-order valence-corrected chi connectivity index (χ4v) is 3.25. The summed E-state index contributed by atoms with van der Waals surface area (Å²) in [7, 11) is 0. The lowest BCUT2D eigenvalue weighted by atomic mass is 9.97. The molecule has 1 aromatic carbocycles. The molecule has 1 atom stereocenters. The van der Waals surface area contributed by atoms with E-state index in [1.807, 2.05) is 12.1 Å². The molecular formula is C18H27NO. The number of phenols is 1. The first-order chi connectivity index (χ1) is 9.72. The van der Waals surface area contributed by atoms with Gasteiger partial charge in [0.15, 0.2) is 0 Å². The summed E-state index contributed by atoms with van der Waals surface area (Å²) in [6.45, 7) is 3.53. The molecule has 2 heteroatoms. The van der Waals surface area contributed by atoms with Gasteiger partial charge in [-0.3, -0.25) is 0 Å². The molecule has 1 unspecified atom stereocenters. The molecule has 0 heterocycles. The van der Waals surface area contributed by atoms with Gasteiger partial charge in [-0.1, -0.05) is 12.1 Å². The van der Waals surface area contributed by atoms with Crippen molar-refractivity contribution >= 4 is 0 Å². The van der Waals surface area contributed by atoms with Crippen molar-refractivity contribution in [1.82, 2.24) is 5.32 Å². The highest BCUT2D eigenvalue weighted by Gasteiger charge is 2.40. The van der Waals surface area contributed by atoms with Crippen molar-refractivity contribution in [3.05, 3.63) is 29.8 Å². The molecule has 0 aromatic heterocycles. The summed E-state index contributed by atoms with van der Waals surface area (Å²) in [6.07, 6.45) is 8.17. The Morgan fingerprint density at radius 2 is 1.70 bits per heavy atom. The molecule has 2 fully saturated rings. The third-order valence-corrected chi connectivity index (χ3v) is 4.96. The predicted octanol–water partition coefficient (Wildman–Crippen LogP) is 3.74. The Labute approximate surface area is 122 Å². The van der Waals surface area contributed by atoms with Gasteiger partial charge >= 0.3 is 0 Å². The summed E-state index contributed by atoms with van der Waals surface area (Å²) in [5.74, 6) is 3.40. The van der Waals surface area contributed by atoms with Gasteiger partial charge in [-0.25, -0.2) is 0 Å². The standard InChI is InChI=1S/C18H27NO/c1-13(2-3-14-4-10-17(20)11-5-14)19-12-18(15-6-7-15)16-8-9-16/h4-5,10-11,13,15-16,18-20H,2-3,6-9,12H2,1H3. The maximum Gasteiger partial charge on any atom is 0.115 e. The maximum absolute atomic E-state index is 9.28. The summed E-state index contributed by atoms with van der Waals surface area (Å²) in [4.78, 5) is 0. The molecule has 2 aliphatic carbocycles. The minimum absolute atomic E-state index is 0.358. The molecule has 2 aliphatic rings. The van der Waals surface area contributed by atoms with Gasteiger partial charge in [0.25, 0.3) is 0 Å².